The zero-order valence-electron chi connectivity index (χ0n) is 16.4. The summed E-state index contributed by atoms with van der Waals surface area (Å²) in [6.45, 7) is 2.03. The number of aryl methyl sites for hydroxylation is 1. The Balaban J connectivity index is 1.76. The summed E-state index contributed by atoms with van der Waals surface area (Å²) in [5.41, 5.74) is 3.34. The summed E-state index contributed by atoms with van der Waals surface area (Å²) in [4.78, 5) is 18.0. The molecular formula is C23H18BrN3O2S. The molecular weight excluding hydrogens is 462 g/mol. The highest BCUT2D eigenvalue weighted by Crippen LogP contribution is 2.32. The minimum atomic E-state index is -0.282. The van der Waals surface area contributed by atoms with Crippen LogP contribution in [0.15, 0.2) is 76.3 Å². The third-order valence-electron chi connectivity index (χ3n) is 4.43. The molecule has 0 radical (unpaired) electrons. The van der Waals surface area contributed by atoms with Crippen LogP contribution in [-0.2, 0) is 0 Å². The number of halogens is 1. The van der Waals surface area contributed by atoms with Gasteiger partial charge >= 0.3 is 0 Å². The van der Waals surface area contributed by atoms with Gasteiger partial charge in [-0.25, -0.2) is 4.98 Å². The first kappa shape index (κ1) is 20.3. The molecule has 0 N–H and O–H groups in total. The highest BCUT2D eigenvalue weighted by Gasteiger charge is 2.21. The molecule has 3 aromatic carbocycles. The van der Waals surface area contributed by atoms with Crippen LogP contribution >= 0.6 is 27.3 Å². The number of carbonyl (C=O) groups is 1. The molecule has 0 atom stereocenters. The largest absolute Gasteiger partial charge is 0.497 e. The molecule has 0 aliphatic rings. The van der Waals surface area contributed by atoms with Gasteiger partial charge in [-0.1, -0.05) is 63.2 Å². The van der Waals surface area contributed by atoms with Gasteiger partial charge in [-0.05, 0) is 48.9 Å². The lowest BCUT2D eigenvalue weighted by atomic mass is 10.2. The van der Waals surface area contributed by atoms with Crippen LogP contribution in [0.2, 0.25) is 0 Å². The molecule has 5 nitrogen and oxygen atoms in total. The van der Waals surface area contributed by atoms with Crippen LogP contribution in [0.25, 0.3) is 10.2 Å². The monoisotopic (exact) mass is 479 g/mol. The Hall–Kier alpha value is -3.03. The quantitative estimate of drug-likeness (QED) is 0.258. The van der Waals surface area contributed by atoms with Crippen LogP contribution in [0.1, 0.15) is 21.5 Å². The van der Waals surface area contributed by atoms with E-state index in [1.165, 1.54) is 16.3 Å². The predicted molar refractivity (Wildman–Crippen MR) is 126 cm³/mol. The first-order valence-corrected chi connectivity index (χ1v) is 10.8. The van der Waals surface area contributed by atoms with E-state index in [4.69, 9.17) is 4.74 Å². The number of thiazole rings is 1. The lowest BCUT2D eigenvalue weighted by molar-refractivity contribution is 0.0987. The smallest absolute Gasteiger partial charge is 0.280 e. The summed E-state index contributed by atoms with van der Waals surface area (Å²) in [6.07, 6.45) is 1.67. The zero-order chi connectivity index (χ0) is 21.1. The fraction of sp³-hybridized carbons (Fsp3) is 0.0870. The summed E-state index contributed by atoms with van der Waals surface area (Å²) in [5, 5.41) is 6.34. The number of carbonyl (C=O) groups excluding carboxylic acids is 1. The minimum absolute atomic E-state index is 0.282. The molecule has 0 fully saturated rings. The van der Waals surface area contributed by atoms with Gasteiger partial charge in [-0.3, -0.25) is 4.79 Å². The number of hydrogen-bond acceptors (Lipinski definition) is 5. The van der Waals surface area contributed by atoms with E-state index < -0.39 is 0 Å². The lowest BCUT2D eigenvalue weighted by Crippen LogP contribution is -2.25. The number of hydrogen-bond donors (Lipinski definition) is 0. The van der Waals surface area contributed by atoms with Crippen LogP contribution in [0, 0.1) is 6.92 Å². The molecule has 30 heavy (non-hydrogen) atoms. The molecule has 150 valence electrons. The van der Waals surface area contributed by atoms with Crippen LogP contribution in [0.5, 0.6) is 5.75 Å². The Labute approximate surface area is 186 Å². The number of nitrogens with zero attached hydrogens (tertiary/aromatic N) is 3. The van der Waals surface area contributed by atoms with Crippen molar-refractivity contribution in [3.05, 3.63) is 87.9 Å². The van der Waals surface area contributed by atoms with E-state index in [9.17, 15) is 4.79 Å². The average Bonchev–Trinajstić information content (AvgIpc) is 3.17. The number of fused-ring (bicyclic) bond motifs is 1. The summed E-state index contributed by atoms with van der Waals surface area (Å²) in [6, 6.07) is 20.8. The number of methoxy groups -OCH3 is 1. The van der Waals surface area contributed by atoms with Crippen LogP contribution in [-0.4, -0.2) is 24.2 Å². The van der Waals surface area contributed by atoms with Gasteiger partial charge in [0.25, 0.3) is 5.91 Å². The van der Waals surface area contributed by atoms with E-state index in [-0.39, 0.29) is 5.91 Å². The van der Waals surface area contributed by atoms with Gasteiger partial charge in [0.2, 0.25) is 5.13 Å². The molecule has 7 heteroatoms. The van der Waals surface area contributed by atoms with E-state index in [1.807, 2.05) is 49.4 Å². The zero-order valence-corrected chi connectivity index (χ0v) is 18.8. The number of hydrazone groups is 1. The topological polar surface area (TPSA) is 54.8 Å². The second kappa shape index (κ2) is 8.77. The fourth-order valence-electron chi connectivity index (χ4n) is 2.82. The van der Waals surface area contributed by atoms with E-state index in [0.29, 0.717) is 16.4 Å². The van der Waals surface area contributed by atoms with Crippen molar-refractivity contribution >= 4 is 54.7 Å². The molecule has 0 aliphatic heterocycles. The molecule has 0 bridgehead atoms. The molecule has 4 aromatic rings. The maximum absolute atomic E-state index is 13.3. The van der Waals surface area contributed by atoms with Crippen molar-refractivity contribution < 1.29 is 9.53 Å². The number of aromatic nitrogens is 1. The third-order valence-corrected chi connectivity index (χ3v) is 5.92. The second-order valence-corrected chi connectivity index (χ2v) is 8.54. The van der Waals surface area contributed by atoms with Crippen LogP contribution in [0.3, 0.4) is 0 Å². The SMILES string of the molecule is COc1cccc(C(=O)N(/N=C/c2ccc(C)cc2)c2nc3ccc(Br)cc3s2)c1. The normalized spacial score (nSPS) is 11.2. The van der Waals surface area contributed by atoms with E-state index in [0.717, 1.165) is 25.8 Å². The Bertz CT molecular complexity index is 1230. The van der Waals surface area contributed by atoms with Crippen molar-refractivity contribution in [1.29, 1.82) is 0 Å². The molecule has 0 spiro atoms. The molecule has 1 heterocycles. The minimum Gasteiger partial charge on any atom is -0.497 e. The lowest BCUT2D eigenvalue weighted by Gasteiger charge is -2.14. The summed E-state index contributed by atoms with van der Waals surface area (Å²) in [5.74, 6) is 0.326. The van der Waals surface area contributed by atoms with Gasteiger partial charge in [0.05, 0.1) is 23.5 Å². The van der Waals surface area contributed by atoms with Crippen molar-refractivity contribution in [2.24, 2.45) is 5.10 Å². The van der Waals surface area contributed by atoms with Gasteiger partial charge in [0.1, 0.15) is 5.75 Å². The second-order valence-electron chi connectivity index (χ2n) is 6.61. The third kappa shape index (κ3) is 4.42. The maximum atomic E-state index is 13.3. The van der Waals surface area contributed by atoms with E-state index in [2.05, 4.69) is 26.0 Å². The molecule has 1 amide bonds. The van der Waals surface area contributed by atoms with Crippen molar-refractivity contribution in [2.45, 2.75) is 6.92 Å². The predicted octanol–water partition coefficient (Wildman–Crippen LogP) is 6.06. The van der Waals surface area contributed by atoms with Gasteiger partial charge in [0, 0.05) is 10.0 Å². The average molecular weight is 480 g/mol. The first-order chi connectivity index (χ1) is 14.5. The molecule has 0 saturated carbocycles. The molecule has 0 unspecified atom stereocenters. The maximum Gasteiger partial charge on any atom is 0.280 e. The molecule has 1 aromatic heterocycles. The number of rotatable bonds is 5. The van der Waals surface area contributed by atoms with Crippen LogP contribution in [0.4, 0.5) is 5.13 Å². The highest BCUT2D eigenvalue weighted by atomic mass is 79.9. The molecule has 0 saturated heterocycles. The van der Waals surface area contributed by atoms with Gasteiger partial charge in [-0.2, -0.15) is 10.1 Å². The molecule has 0 aliphatic carbocycles. The van der Waals surface area contributed by atoms with Crippen LogP contribution < -0.4 is 9.75 Å². The fourth-order valence-corrected chi connectivity index (χ4v) is 4.29. The number of anilines is 1. The number of amides is 1. The summed E-state index contributed by atoms with van der Waals surface area (Å²) in [7, 11) is 1.57. The van der Waals surface area contributed by atoms with Crippen molar-refractivity contribution in [1.82, 2.24) is 4.98 Å². The van der Waals surface area contributed by atoms with Gasteiger partial charge in [0.15, 0.2) is 0 Å². The highest BCUT2D eigenvalue weighted by molar-refractivity contribution is 9.10. The van der Waals surface area contributed by atoms with Crippen molar-refractivity contribution in [3.8, 4) is 5.75 Å². The Morgan fingerprint density at radius 2 is 1.93 bits per heavy atom. The van der Waals surface area contributed by atoms with Gasteiger partial charge < -0.3 is 4.74 Å². The Kier molecular flexibility index (Phi) is 5.92. The number of ether oxygens (including phenoxy) is 1. The standard InChI is InChI=1S/C23H18BrN3O2S/c1-15-6-8-16(9-7-15)14-25-27(22(28)17-4-3-5-19(12-17)29-2)23-26-20-11-10-18(24)13-21(20)30-23/h3-14H,1-2H3/b25-14+. The van der Waals surface area contributed by atoms with E-state index >= 15 is 0 Å². The Morgan fingerprint density at radius 3 is 2.70 bits per heavy atom. The number of benzene rings is 3. The van der Waals surface area contributed by atoms with Gasteiger partial charge in [-0.15, -0.1) is 0 Å². The Morgan fingerprint density at radius 1 is 1.13 bits per heavy atom. The summed E-state index contributed by atoms with van der Waals surface area (Å²) < 4.78 is 7.19. The van der Waals surface area contributed by atoms with Crippen molar-refractivity contribution in [2.75, 3.05) is 12.1 Å². The van der Waals surface area contributed by atoms with E-state index in [1.54, 1.807) is 37.6 Å². The first-order valence-electron chi connectivity index (χ1n) is 9.19. The summed E-state index contributed by atoms with van der Waals surface area (Å²) >= 11 is 4.89. The van der Waals surface area contributed by atoms with Crippen molar-refractivity contribution in [3.63, 3.8) is 0 Å². The molecule has 4 rings (SSSR count).